The number of nitrogens with zero attached hydrogens (tertiary/aromatic N) is 4. The average molecular weight is 425 g/mol. The fraction of sp³-hybridized carbons (Fsp3) is 0.333. The third kappa shape index (κ3) is 3.66. The van der Waals surface area contributed by atoms with Crippen LogP contribution in [0.5, 0.6) is 0 Å². The molecule has 10 nitrogen and oxygen atoms in total. The molecule has 0 atom stereocenters. The molecule has 1 fully saturated rings. The van der Waals surface area contributed by atoms with Crippen LogP contribution in [0.4, 0.5) is 17.1 Å². The monoisotopic (exact) mass is 425 g/mol. The summed E-state index contributed by atoms with van der Waals surface area (Å²) in [6, 6.07) is 8.04. The third-order valence-electron chi connectivity index (χ3n) is 5.66. The second-order valence-corrected chi connectivity index (χ2v) is 7.57. The van der Waals surface area contributed by atoms with E-state index in [-0.39, 0.29) is 16.9 Å². The highest BCUT2D eigenvalue weighted by molar-refractivity contribution is 6.07. The molecule has 1 aliphatic rings. The SMILES string of the molecule is Cc1ccc(C(=O)Nc2cc3c(cc2N2CCOCC2)n(C)c(=O)n3C)cc1[N+](=O)[O-]. The van der Waals surface area contributed by atoms with Gasteiger partial charge in [0.25, 0.3) is 11.6 Å². The molecular weight excluding hydrogens is 402 g/mol. The van der Waals surface area contributed by atoms with Crippen LogP contribution in [0.15, 0.2) is 35.1 Å². The van der Waals surface area contributed by atoms with Crippen LogP contribution in [0, 0.1) is 17.0 Å². The predicted octanol–water partition coefficient (Wildman–Crippen LogP) is 2.18. The van der Waals surface area contributed by atoms with Gasteiger partial charge in [0.15, 0.2) is 0 Å². The van der Waals surface area contributed by atoms with E-state index in [0.29, 0.717) is 43.1 Å². The van der Waals surface area contributed by atoms with Crippen LogP contribution in [0.3, 0.4) is 0 Å². The maximum absolute atomic E-state index is 13.0. The van der Waals surface area contributed by atoms with Gasteiger partial charge < -0.3 is 15.0 Å². The Morgan fingerprint density at radius 2 is 1.74 bits per heavy atom. The first-order valence-electron chi connectivity index (χ1n) is 9.86. The Kier molecular flexibility index (Phi) is 5.24. The molecule has 31 heavy (non-hydrogen) atoms. The van der Waals surface area contributed by atoms with Gasteiger partial charge in [-0.3, -0.25) is 24.0 Å². The number of amides is 1. The third-order valence-corrected chi connectivity index (χ3v) is 5.66. The number of benzene rings is 2. The summed E-state index contributed by atoms with van der Waals surface area (Å²) < 4.78 is 8.52. The standard InChI is InChI=1S/C21H23N5O5/c1-13-4-5-14(10-16(13)26(29)30)20(27)22-15-11-18-19(24(3)21(28)23(18)2)12-17(15)25-6-8-31-9-7-25/h4-5,10-12H,6-9H2,1-3H3,(H,22,27). The molecule has 1 amide bonds. The summed E-state index contributed by atoms with van der Waals surface area (Å²) in [5.41, 5.74) is 3.12. The van der Waals surface area contributed by atoms with Crippen molar-refractivity contribution in [1.82, 2.24) is 9.13 Å². The van der Waals surface area contributed by atoms with Crippen molar-refractivity contribution in [2.75, 3.05) is 36.5 Å². The molecule has 0 unspecified atom stereocenters. The number of morpholine rings is 1. The fourth-order valence-corrected chi connectivity index (χ4v) is 3.84. The maximum Gasteiger partial charge on any atom is 0.328 e. The first kappa shape index (κ1) is 20.6. The Hall–Kier alpha value is -3.66. The van der Waals surface area contributed by atoms with Gasteiger partial charge in [0, 0.05) is 44.4 Å². The number of nitro groups is 1. The second-order valence-electron chi connectivity index (χ2n) is 7.57. The number of nitro benzene ring substituents is 1. The summed E-state index contributed by atoms with van der Waals surface area (Å²) in [5.74, 6) is -0.460. The molecular formula is C21H23N5O5. The normalized spacial score (nSPS) is 14.1. The summed E-state index contributed by atoms with van der Waals surface area (Å²) in [6.45, 7) is 4.03. The number of rotatable bonds is 4. The molecule has 1 aromatic heterocycles. The van der Waals surface area contributed by atoms with Crippen molar-refractivity contribution in [3.8, 4) is 0 Å². The summed E-state index contributed by atoms with van der Waals surface area (Å²) >= 11 is 0. The van der Waals surface area contributed by atoms with E-state index in [4.69, 9.17) is 4.74 Å². The van der Waals surface area contributed by atoms with Crippen molar-refractivity contribution < 1.29 is 14.5 Å². The lowest BCUT2D eigenvalue weighted by atomic mass is 10.1. The number of carbonyl (C=O) groups excluding carboxylic acids is 1. The molecule has 1 N–H and O–H groups in total. The van der Waals surface area contributed by atoms with Crippen molar-refractivity contribution in [1.29, 1.82) is 0 Å². The van der Waals surface area contributed by atoms with Crippen LogP contribution in [-0.2, 0) is 18.8 Å². The van der Waals surface area contributed by atoms with Crippen molar-refractivity contribution >= 4 is 34.0 Å². The number of aromatic nitrogens is 2. The van der Waals surface area contributed by atoms with E-state index in [0.717, 1.165) is 11.2 Å². The zero-order valence-corrected chi connectivity index (χ0v) is 17.5. The molecule has 4 rings (SSSR count). The number of hydrogen-bond donors (Lipinski definition) is 1. The Balaban J connectivity index is 1.79. The average Bonchev–Trinajstić information content (AvgIpc) is 2.97. The molecule has 0 saturated carbocycles. The number of hydrogen-bond acceptors (Lipinski definition) is 6. The van der Waals surface area contributed by atoms with Gasteiger partial charge in [-0.2, -0.15) is 0 Å². The fourth-order valence-electron chi connectivity index (χ4n) is 3.84. The van der Waals surface area contributed by atoms with Gasteiger partial charge in [-0.1, -0.05) is 6.07 Å². The molecule has 0 bridgehead atoms. The van der Waals surface area contributed by atoms with Gasteiger partial charge in [-0.15, -0.1) is 0 Å². The van der Waals surface area contributed by atoms with Gasteiger partial charge >= 0.3 is 5.69 Å². The molecule has 1 saturated heterocycles. The maximum atomic E-state index is 13.0. The smallest absolute Gasteiger partial charge is 0.328 e. The number of carbonyl (C=O) groups is 1. The highest BCUT2D eigenvalue weighted by Crippen LogP contribution is 2.32. The summed E-state index contributed by atoms with van der Waals surface area (Å²) in [4.78, 5) is 38.2. The van der Waals surface area contributed by atoms with Crippen LogP contribution in [0.25, 0.3) is 11.0 Å². The molecule has 3 aromatic rings. The van der Waals surface area contributed by atoms with Gasteiger partial charge in [-0.05, 0) is 25.1 Å². The Labute approximate surface area is 177 Å². The number of aryl methyl sites for hydroxylation is 3. The zero-order valence-electron chi connectivity index (χ0n) is 17.5. The number of anilines is 2. The van der Waals surface area contributed by atoms with Gasteiger partial charge in [0.05, 0.1) is 40.5 Å². The van der Waals surface area contributed by atoms with E-state index < -0.39 is 10.8 Å². The molecule has 2 heterocycles. The first-order chi connectivity index (χ1) is 14.8. The largest absolute Gasteiger partial charge is 0.378 e. The van der Waals surface area contributed by atoms with Crippen molar-refractivity contribution in [2.24, 2.45) is 14.1 Å². The Morgan fingerprint density at radius 1 is 1.10 bits per heavy atom. The second kappa shape index (κ2) is 7.88. The number of ether oxygens (including phenoxy) is 1. The van der Waals surface area contributed by atoms with Crippen LogP contribution < -0.4 is 15.9 Å². The predicted molar refractivity (Wildman–Crippen MR) is 117 cm³/mol. The van der Waals surface area contributed by atoms with E-state index in [9.17, 15) is 19.7 Å². The van der Waals surface area contributed by atoms with Crippen LogP contribution >= 0.6 is 0 Å². The van der Waals surface area contributed by atoms with Crippen LogP contribution in [-0.4, -0.2) is 46.3 Å². The summed E-state index contributed by atoms with van der Waals surface area (Å²) in [7, 11) is 3.38. The molecule has 10 heteroatoms. The summed E-state index contributed by atoms with van der Waals surface area (Å²) in [5, 5.41) is 14.1. The quantitative estimate of drug-likeness (QED) is 0.507. The zero-order chi connectivity index (χ0) is 22.3. The molecule has 1 aliphatic heterocycles. The topological polar surface area (TPSA) is 112 Å². The van der Waals surface area contributed by atoms with Gasteiger partial charge in [-0.25, -0.2) is 4.79 Å². The minimum Gasteiger partial charge on any atom is -0.378 e. The molecule has 0 spiro atoms. The van der Waals surface area contributed by atoms with Gasteiger partial charge in [0.2, 0.25) is 0 Å². The van der Waals surface area contributed by atoms with Crippen LogP contribution in [0.2, 0.25) is 0 Å². The molecule has 162 valence electrons. The first-order valence-corrected chi connectivity index (χ1v) is 9.86. The summed E-state index contributed by atoms with van der Waals surface area (Å²) in [6.07, 6.45) is 0. The van der Waals surface area contributed by atoms with Crippen LogP contribution in [0.1, 0.15) is 15.9 Å². The van der Waals surface area contributed by atoms with E-state index >= 15 is 0 Å². The Morgan fingerprint density at radius 3 is 2.39 bits per heavy atom. The highest BCUT2D eigenvalue weighted by Gasteiger charge is 2.21. The highest BCUT2D eigenvalue weighted by atomic mass is 16.6. The lowest BCUT2D eigenvalue weighted by Gasteiger charge is -2.30. The van der Waals surface area contributed by atoms with Crippen molar-refractivity contribution in [3.05, 3.63) is 62.1 Å². The lowest BCUT2D eigenvalue weighted by Crippen LogP contribution is -2.36. The van der Waals surface area contributed by atoms with Gasteiger partial charge in [0.1, 0.15) is 0 Å². The van der Waals surface area contributed by atoms with E-state index in [1.165, 1.54) is 10.6 Å². The van der Waals surface area contributed by atoms with E-state index in [1.54, 1.807) is 43.8 Å². The van der Waals surface area contributed by atoms with Crippen molar-refractivity contribution in [2.45, 2.75) is 6.92 Å². The lowest BCUT2D eigenvalue weighted by molar-refractivity contribution is -0.385. The van der Waals surface area contributed by atoms with E-state index in [1.807, 2.05) is 6.07 Å². The minimum absolute atomic E-state index is 0.109. The molecule has 2 aromatic carbocycles. The van der Waals surface area contributed by atoms with E-state index in [2.05, 4.69) is 10.2 Å². The minimum atomic E-state index is -0.503. The molecule has 0 aliphatic carbocycles. The number of imidazole rings is 1. The Bertz CT molecular complexity index is 1250. The number of fused-ring (bicyclic) bond motifs is 1. The van der Waals surface area contributed by atoms with Crippen molar-refractivity contribution in [3.63, 3.8) is 0 Å². The number of nitrogens with one attached hydrogen (secondary N) is 1. The molecule has 0 radical (unpaired) electrons.